The Morgan fingerprint density at radius 2 is 1.93 bits per heavy atom. The van der Waals surface area contributed by atoms with Crippen molar-refractivity contribution < 1.29 is 19.1 Å². The number of nitrogen functional groups attached to an aromatic ring is 1. The number of esters is 1. The van der Waals surface area contributed by atoms with E-state index in [1.165, 1.54) is 24.1 Å². The Morgan fingerprint density at radius 3 is 2.54 bits per heavy atom. The maximum Gasteiger partial charge on any atom is 0.342 e. The Hall–Kier alpha value is -3.24. The maximum atomic E-state index is 12.6. The smallest absolute Gasteiger partial charge is 0.342 e. The largest absolute Gasteiger partial charge is 0.496 e. The minimum Gasteiger partial charge on any atom is -0.496 e. The Bertz CT molecular complexity index is 907. The van der Waals surface area contributed by atoms with Gasteiger partial charge in [-0.1, -0.05) is 29.3 Å². The van der Waals surface area contributed by atoms with E-state index >= 15 is 0 Å². The fraction of sp³-hybridized carbons (Fsp3) is 0.250. The fourth-order valence-electron chi connectivity index (χ4n) is 2.46. The number of halogens is 1. The summed E-state index contributed by atoms with van der Waals surface area (Å²) < 4.78 is 10.3. The lowest BCUT2D eigenvalue weighted by molar-refractivity contribution is -0.121. The van der Waals surface area contributed by atoms with E-state index in [-0.39, 0.29) is 35.0 Å². The number of amides is 1. The Labute approximate surface area is 168 Å². The van der Waals surface area contributed by atoms with Crippen molar-refractivity contribution in [1.82, 2.24) is 0 Å². The molecule has 0 saturated heterocycles. The molecule has 0 unspecified atom stereocenters. The minimum atomic E-state index is -0.767. The van der Waals surface area contributed by atoms with Crippen molar-refractivity contribution in [2.45, 2.75) is 13.3 Å². The van der Waals surface area contributed by atoms with E-state index in [9.17, 15) is 9.59 Å². The zero-order valence-electron chi connectivity index (χ0n) is 15.6. The highest BCUT2D eigenvalue weighted by Gasteiger charge is 2.21. The molecule has 8 heteroatoms. The molecule has 0 aliphatic heterocycles. The molecule has 2 N–H and O–H groups in total. The highest BCUT2D eigenvalue weighted by molar-refractivity contribution is 6.33. The number of carbonyl (C=O) groups is 2. The molecular formula is C20H20ClN3O4. The van der Waals surface area contributed by atoms with Crippen molar-refractivity contribution in [2.75, 3.05) is 30.9 Å². The lowest BCUT2D eigenvalue weighted by Crippen LogP contribution is -2.35. The number of anilines is 2. The van der Waals surface area contributed by atoms with Gasteiger partial charge in [0.05, 0.1) is 30.3 Å². The molecule has 0 spiro atoms. The third-order valence-electron chi connectivity index (χ3n) is 3.96. The van der Waals surface area contributed by atoms with Gasteiger partial charge in [-0.15, -0.1) is 0 Å². The maximum absolute atomic E-state index is 12.6. The van der Waals surface area contributed by atoms with Gasteiger partial charge < -0.3 is 20.1 Å². The first-order valence-corrected chi connectivity index (χ1v) is 8.79. The second-order valence-electron chi connectivity index (χ2n) is 5.94. The summed E-state index contributed by atoms with van der Waals surface area (Å²) in [6.45, 7) is 1.62. The van der Waals surface area contributed by atoms with Gasteiger partial charge in [-0.25, -0.2) is 4.79 Å². The molecule has 7 nitrogen and oxygen atoms in total. The number of carbonyl (C=O) groups excluding carboxylic acids is 2. The first-order chi connectivity index (χ1) is 13.4. The van der Waals surface area contributed by atoms with Crippen LogP contribution in [0.1, 0.15) is 22.3 Å². The van der Waals surface area contributed by atoms with Crippen molar-refractivity contribution in [3.05, 3.63) is 52.5 Å². The monoisotopic (exact) mass is 401 g/mol. The molecule has 0 atom stereocenters. The summed E-state index contributed by atoms with van der Waals surface area (Å²) in [7, 11) is 1.38. The summed E-state index contributed by atoms with van der Waals surface area (Å²) in [5.41, 5.74) is 7.68. The Balaban J connectivity index is 2.13. The quantitative estimate of drug-likeness (QED) is 0.563. The third kappa shape index (κ3) is 5.15. The molecule has 0 radical (unpaired) electrons. The van der Waals surface area contributed by atoms with Gasteiger partial charge >= 0.3 is 5.97 Å². The van der Waals surface area contributed by atoms with E-state index in [4.69, 9.17) is 32.1 Å². The van der Waals surface area contributed by atoms with Gasteiger partial charge in [-0.05, 0) is 25.1 Å². The fourth-order valence-corrected chi connectivity index (χ4v) is 2.63. The molecule has 1 amide bonds. The topological polar surface area (TPSA) is 106 Å². The van der Waals surface area contributed by atoms with Gasteiger partial charge in [-0.2, -0.15) is 5.26 Å². The SMILES string of the molecule is COc1cc(N)c(Cl)cc1C(=O)OCC(=O)N(CCC#N)c1ccc(C)cc1. The molecule has 0 aliphatic rings. The van der Waals surface area contributed by atoms with Gasteiger partial charge in [0.1, 0.15) is 11.3 Å². The van der Waals surface area contributed by atoms with Crippen LogP contribution in [0.5, 0.6) is 5.75 Å². The average Bonchev–Trinajstić information content (AvgIpc) is 2.69. The van der Waals surface area contributed by atoms with Crippen LogP contribution < -0.4 is 15.4 Å². The van der Waals surface area contributed by atoms with E-state index in [0.717, 1.165) is 5.56 Å². The average molecular weight is 402 g/mol. The zero-order valence-corrected chi connectivity index (χ0v) is 16.3. The molecule has 28 heavy (non-hydrogen) atoms. The van der Waals surface area contributed by atoms with E-state index in [1.807, 2.05) is 25.1 Å². The number of methoxy groups -OCH3 is 1. The summed E-state index contributed by atoms with van der Waals surface area (Å²) in [4.78, 5) is 26.4. The molecule has 2 aromatic carbocycles. The lowest BCUT2D eigenvalue weighted by Gasteiger charge is -2.22. The summed E-state index contributed by atoms with van der Waals surface area (Å²) >= 11 is 5.96. The number of ether oxygens (including phenoxy) is 2. The lowest BCUT2D eigenvalue weighted by atomic mass is 10.2. The first kappa shape index (κ1) is 21.1. The predicted octanol–water partition coefficient (Wildman–Crippen LogP) is 3.34. The standard InChI is InChI=1S/C20H20ClN3O4/c1-13-4-6-14(7-5-13)24(9-3-8-22)19(25)12-28-20(26)15-10-16(21)17(23)11-18(15)27-2/h4-7,10-11H,3,9,12,23H2,1-2H3. The van der Waals surface area contributed by atoms with Crippen molar-refractivity contribution in [3.8, 4) is 11.8 Å². The molecule has 0 bridgehead atoms. The molecule has 0 heterocycles. The predicted molar refractivity (Wildman–Crippen MR) is 106 cm³/mol. The van der Waals surface area contributed by atoms with E-state index in [0.29, 0.717) is 5.69 Å². The van der Waals surface area contributed by atoms with Crippen molar-refractivity contribution in [1.29, 1.82) is 5.26 Å². The van der Waals surface area contributed by atoms with Gasteiger partial charge in [-0.3, -0.25) is 4.79 Å². The molecule has 2 aromatic rings. The van der Waals surface area contributed by atoms with Crippen LogP contribution in [-0.2, 0) is 9.53 Å². The molecule has 0 aliphatic carbocycles. The molecular weight excluding hydrogens is 382 g/mol. The number of nitrogens with zero attached hydrogens (tertiary/aromatic N) is 2. The Morgan fingerprint density at radius 1 is 1.25 bits per heavy atom. The summed E-state index contributed by atoms with van der Waals surface area (Å²) in [5, 5.41) is 9.03. The van der Waals surface area contributed by atoms with Crippen LogP contribution in [0.25, 0.3) is 0 Å². The number of nitrogens with two attached hydrogens (primary N) is 1. The number of hydrogen-bond donors (Lipinski definition) is 1. The molecule has 0 saturated carbocycles. The third-order valence-corrected chi connectivity index (χ3v) is 4.29. The number of benzene rings is 2. The van der Waals surface area contributed by atoms with Crippen LogP contribution in [0.4, 0.5) is 11.4 Å². The Kier molecular flexibility index (Phi) is 7.24. The van der Waals surface area contributed by atoms with E-state index in [2.05, 4.69) is 0 Å². The summed E-state index contributed by atoms with van der Waals surface area (Å²) in [6.07, 6.45) is 0.148. The van der Waals surface area contributed by atoms with Crippen LogP contribution in [0.15, 0.2) is 36.4 Å². The second-order valence-corrected chi connectivity index (χ2v) is 6.35. The normalized spacial score (nSPS) is 10.1. The van der Waals surface area contributed by atoms with Crippen LogP contribution in [0.3, 0.4) is 0 Å². The van der Waals surface area contributed by atoms with E-state index < -0.39 is 18.5 Å². The van der Waals surface area contributed by atoms with Gasteiger partial charge in [0.15, 0.2) is 6.61 Å². The zero-order chi connectivity index (χ0) is 20.7. The number of hydrogen-bond acceptors (Lipinski definition) is 6. The van der Waals surface area contributed by atoms with Crippen LogP contribution >= 0.6 is 11.6 Å². The molecule has 146 valence electrons. The highest BCUT2D eigenvalue weighted by atomic mass is 35.5. The van der Waals surface area contributed by atoms with Crippen LogP contribution in [0.2, 0.25) is 5.02 Å². The van der Waals surface area contributed by atoms with Crippen molar-refractivity contribution >= 4 is 34.9 Å². The summed E-state index contributed by atoms with van der Waals surface area (Å²) in [6, 6.07) is 12.0. The van der Waals surface area contributed by atoms with Gasteiger partial charge in [0, 0.05) is 18.3 Å². The van der Waals surface area contributed by atoms with Crippen molar-refractivity contribution in [2.24, 2.45) is 0 Å². The molecule has 2 rings (SSSR count). The number of rotatable bonds is 7. The second kappa shape index (κ2) is 9.62. The minimum absolute atomic E-state index is 0.0633. The number of nitriles is 1. The summed E-state index contributed by atoms with van der Waals surface area (Å²) in [5.74, 6) is -1.02. The molecule has 0 aromatic heterocycles. The first-order valence-electron chi connectivity index (χ1n) is 8.41. The van der Waals surface area contributed by atoms with Gasteiger partial charge in [0.2, 0.25) is 0 Å². The van der Waals surface area contributed by atoms with Crippen molar-refractivity contribution in [3.63, 3.8) is 0 Å². The molecule has 0 fully saturated rings. The highest BCUT2D eigenvalue weighted by Crippen LogP contribution is 2.29. The number of aryl methyl sites for hydroxylation is 1. The van der Waals surface area contributed by atoms with E-state index in [1.54, 1.807) is 12.1 Å². The van der Waals surface area contributed by atoms with Crippen LogP contribution in [0, 0.1) is 18.3 Å². The van der Waals surface area contributed by atoms with Gasteiger partial charge in [0.25, 0.3) is 5.91 Å². The van der Waals surface area contributed by atoms with Crippen LogP contribution in [-0.4, -0.2) is 32.1 Å².